The van der Waals surface area contributed by atoms with Crippen molar-refractivity contribution in [3.8, 4) is 17.0 Å². The molecule has 1 aliphatic heterocycles. The van der Waals surface area contributed by atoms with E-state index in [-0.39, 0.29) is 36.5 Å². The van der Waals surface area contributed by atoms with Crippen LogP contribution in [0, 0.1) is 0 Å². The molecule has 0 bridgehead atoms. The van der Waals surface area contributed by atoms with Gasteiger partial charge in [-0.05, 0) is 42.0 Å². The molecule has 33 heavy (non-hydrogen) atoms. The zero-order valence-electron chi connectivity index (χ0n) is 17.3. The molecule has 0 aliphatic carbocycles. The fourth-order valence-electron chi connectivity index (χ4n) is 3.96. The summed E-state index contributed by atoms with van der Waals surface area (Å²) >= 11 is 0. The molecule has 1 aliphatic rings. The van der Waals surface area contributed by atoms with Crippen LogP contribution >= 0.6 is 12.4 Å². The third-order valence-corrected chi connectivity index (χ3v) is 5.38. The fourth-order valence-corrected chi connectivity index (χ4v) is 3.96. The number of carbonyl (C=O) groups excluding carboxylic acids is 2. The highest BCUT2D eigenvalue weighted by Gasteiger charge is 2.25. The number of nitrogens with one attached hydrogen (secondary N) is 2. The van der Waals surface area contributed by atoms with Crippen molar-refractivity contribution in [1.82, 2.24) is 10.4 Å². The maximum atomic E-state index is 12.8. The number of hydrogen-bond donors (Lipinski definition) is 4. The number of carbonyl (C=O) groups is 2. The molecular weight excluding hydrogens is 442 g/mol. The van der Waals surface area contributed by atoms with Crippen LogP contribution in [-0.4, -0.2) is 34.7 Å². The van der Waals surface area contributed by atoms with Crippen LogP contribution < -0.4 is 16.1 Å². The summed E-state index contributed by atoms with van der Waals surface area (Å²) in [6.07, 6.45) is 1.62. The number of aromatic amines is 1. The number of halogens is 1. The van der Waals surface area contributed by atoms with Gasteiger partial charge in [-0.3, -0.25) is 14.5 Å². The van der Waals surface area contributed by atoms with E-state index in [1.54, 1.807) is 24.4 Å². The predicted octanol–water partition coefficient (Wildman–Crippen LogP) is 3.66. The van der Waals surface area contributed by atoms with Gasteiger partial charge in [-0.2, -0.15) is 5.10 Å². The molecule has 3 aromatic carbocycles. The molecule has 9 heteroatoms. The van der Waals surface area contributed by atoms with E-state index in [0.717, 1.165) is 22.2 Å². The molecule has 0 saturated carbocycles. The molecule has 1 aromatic heterocycles. The van der Waals surface area contributed by atoms with Crippen LogP contribution in [0.15, 0.2) is 71.8 Å². The zero-order chi connectivity index (χ0) is 22.2. The molecule has 0 saturated heterocycles. The number of nitrogens with zero attached hydrogens (tertiary/aromatic N) is 2. The molecule has 5 N–H and O–H groups in total. The van der Waals surface area contributed by atoms with Crippen molar-refractivity contribution in [1.29, 1.82) is 0 Å². The van der Waals surface area contributed by atoms with E-state index in [9.17, 15) is 14.7 Å². The minimum atomic E-state index is -0.378. The van der Waals surface area contributed by atoms with Crippen molar-refractivity contribution in [2.24, 2.45) is 10.8 Å². The Morgan fingerprint density at radius 2 is 1.76 bits per heavy atom. The summed E-state index contributed by atoms with van der Waals surface area (Å²) in [5.41, 5.74) is 12.8. The maximum Gasteiger partial charge on any atom is 0.272 e. The monoisotopic (exact) mass is 461 g/mol. The lowest BCUT2D eigenvalue weighted by Crippen LogP contribution is -2.32. The maximum absolute atomic E-state index is 12.8. The summed E-state index contributed by atoms with van der Waals surface area (Å²) < 4.78 is 0. The Morgan fingerprint density at radius 1 is 1.03 bits per heavy atom. The van der Waals surface area contributed by atoms with Gasteiger partial charge >= 0.3 is 0 Å². The van der Waals surface area contributed by atoms with E-state index in [0.29, 0.717) is 22.5 Å². The number of phenolic OH excluding ortho intramolecular Hbond substituents is 1. The van der Waals surface area contributed by atoms with Crippen LogP contribution in [-0.2, 0) is 4.79 Å². The summed E-state index contributed by atoms with van der Waals surface area (Å²) in [6, 6.07) is 19.4. The van der Waals surface area contributed by atoms with Gasteiger partial charge in [0.2, 0.25) is 5.91 Å². The molecule has 8 nitrogen and oxygen atoms in total. The quantitative estimate of drug-likeness (QED) is 0.370. The summed E-state index contributed by atoms with van der Waals surface area (Å²) in [6.45, 7) is -0.227. The highest BCUT2D eigenvalue weighted by atomic mass is 35.5. The lowest BCUT2D eigenvalue weighted by atomic mass is 10.0. The SMILES string of the molecule is Cl.NCC(=O)N(c1ccc(O)cc1)c1cc2c3c(c(-c4ccccc4)[nH]c3c1)C=NNC2=O. The normalized spacial score (nSPS) is 12.1. The summed E-state index contributed by atoms with van der Waals surface area (Å²) in [4.78, 5) is 30.4. The minimum Gasteiger partial charge on any atom is -0.508 e. The topological polar surface area (TPSA) is 124 Å². The summed E-state index contributed by atoms with van der Waals surface area (Å²) in [5.74, 6) is -0.659. The number of hydrogen-bond acceptors (Lipinski definition) is 5. The molecule has 0 unspecified atom stereocenters. The third-order valence-electron chi connectivity index (χ3n) is 5.38. The van der Waals surface area contributed by atoms with Crippen molar-refractivity contribution in [3.05, 3.63) is 77.9 Å². The number of H-pyrrole nitrogens is 1. The molecule has 0 fully saturated rings. The highest BCUT2D eigenvalue weighted by molar-refractivity contribution is 6.18. The number of benzene rings is 3. The van der Waals surface area contributed by atoms with Crippen molar-refractivity contribution in [2.45, 2.75) is 0 Å². The van der Waals surface area contributed by atoms with Crippen molar-refractivity contribution >= 4 is 52.7 Å². The van der Waals surface area contributed by atoms with Gasteiger partial charge in [0, 0.05) is 22.2 Å². The molecule has 2 heterocycles. The van der Waals surface area contributed by atoms with Gasteiger partial charge in [0.15, 0.2) is 0 Å². The molecule has 166 valence electrons. The number of nitrogens with two attached hydrogens (primary N) is 1. The van der Waals surface area contributed by atoms with Gasteiger partial charge in [0.1, 0.15) is 5.75 Å². The number of aromatic hydroxyl groups is 1. The fraction of sp³-hybridized carbons (Fsp3) is 0.0417. The van der Waals surface area contributed by atoms with E-state index < -0.39 is 0 Å². The second-order valence-corrected chi connectivity index (χ2v) is 7.34. The molecular formula is C24H20ClN5O3. The van der Waals surface area contributed by atoms with Crippen molar-refractivity contribution in [2.75, 3.05) is 11.4 Å². The Hall–Kier alpha value is -4.14. The number of phenols is 1. The average Bonchev–Trinajstić information content (AvgIpc) is 3.09. The van der Waals surface area contributed by atoms with Gasteiger partial charge in [-0.15, -0.1) is 12.4 Å². The lowest BCUT2D eigenvalue weighted by Gasteiger charge is -2.23. The van der Waals surface area contributed by atoms with Crippen LogP contribution in [0.25, 0.3) is 22.2 Å². The van der Waals surface area contributed by atoms with Crippen LogP contribution in [0.1, 0.15) is 15.9 Å². The third kappa shape index (κ3) is 3.82. The number of hydrazone groups is 1. The van der Waals surface area contributed by atoms with Gasteiger partial charge in [-0.25, -0.2) is 5.43 Å². The predicted molar refractivity (Wildman–Crippen MR) is 130 cm³/mol. The molecule has 0 atom stereocenters. The Morgan fingerprint density at radius 3 is 2.45 bits per heavy atom. The van der Waals surface area contributed by atoms with Gasteiger partial charge < -0.3 is 15.8 Å². The first-order chi connectivity index (χ1) is 15.6. The Bertz CT molecular complexity index is 1380. The molecule has 0 radical (unpaired) electrons. The van der Waals surface area contributed by atoms with E-state index in [4.69, 9.17) is 5.73 Å². The molecule has 2 amide bonds. The molecule has 4 aromatic rings. The Labute approximate surface area is 195 Å². The second kappa shape index (κ2) is 8.78. The lowest BCUT2D eigenvalue weighted by molar-refractivity contribution is -0.116. The Kier molecular flexibility index (Phi) is 5.87. The number of rotatable bonds is 4. The smallest absolute Gasteiger partial charge is 0.272 e. The average molecular weight is 462 g/mol. The summed E-state index contributed by atoms with van der Waals surface area (Å²) in [5, 5.41) is 14.4. The summed E-state index contributed by atoms with van der Waals surface area (Å²) in [7, 11) is 0. The van der Waals surface area contributed by atoms with E-state index in [2.05, 4.69) is 15.5 Å². The van der Waals surface area contributed by atoms with E-state index >= 15 is 0 Å². The largest absolute Gasteiger partial charge is 0.508 e. The highest BCUT2D eigenvalue weighted by Crippen LogP contribution is 2.37. The standard InChI is InChI=1S/C24H19N5O3.ClH/c25-12-21(31)29(15-6-8-17(30)9-7-15)16-10-18-22-19(13-26-28-24(18)32)23(27-20(22)11-16)14-4-2-1-3-5-14;/h1-11,13,27,30H,12,25H2,(H,28,32);1H. The molecule has 0 spiro atoms. The van der Waals surface area contributed by atoms with Crippen LogP contribution in [0.5, 0.6) is 5.75 Å². The number of aromatic nitrogens is 1. The number of anilines is 2. The van der Waals surface area contributed by atoms with Crippen molar-refractivity contribution in [3.63, 3.8) is 0 Å². The van der Waals surface area contributed by atoms with Crippen molar-refractivity contribution < 1.29 is 14.7 Å². The minimum absolute atomic E-state index is 0. The van der Waals surface area contributed by atoms with Crippen LogP contribution in [0.2, 0.25) is 0 Å². The van der Waals surface area contributed by atoms with Gasteiger partial charge in [0.05, 0.1) is 29.7 Å². The van der Waals surface area contributed by atoms with Gasteiger partial charge in [-0.1, -0.05) is 30.3 Å². The van der Waals surface area contributed by atoms with Crippen LogP contribution in [0.4, 0.5) is 11.4 Å². The molecule has 5 rings (SSSR count). The van der Waals surface area contributed by atoms with Crippen LogP contribution in [0.3, 0.4) is 0 Å². The first kappa shape index (κ1) is 22.1. The first-order valence-corrected chi connectivity index (χ1v) is 9.97. The van der Waals surface area contributed by atoms with Gasteiger partial charge in [0.25, 0.3) is 5.91 Å². The van der Waals surface area contributed by atoms with E-state index in [1.807, 2.05) is 36.4 Å². The van der Waals surface area contributed by atoms with E-state index in [1.165, 1.54) is 17.0 Å². The second-order valence-electron chi connectivity index (χ2n) is 7.34. The number of amides is 2. The first-order valence-electron chi connectivity index (χ1n) is 9.97. The Balaban J connectivity index is 0.00000259. The zero-order valence-corrected chi connectivity index (χ0v) is 18.1.